The summed E-state index contributed by atoms with van der Waals surface area (Å²) < 4.78 is 5.79. The van der Waals surface area contributed by atoms with Crippen molar-refractivity contribution in [2.24, 2.45) is 0 Å². The Morgan fingerprint density at radius 1 is 0.864 bits per heavy atom. The van der Waals surface area contributed by atoms with Crippen molar-refractivity contribution in [3.05, 3.63) is 0 Å². The highest BCUT2D eigenvalue weighted by atomic mass is 16.5. The van der Waals surface area contributed by atoms with Crippen LogP contribution in [0.2, 0.25) is 0 Å². The number of rotatable bonds is 12. The van der Waals surface area contributed by atoms with E-state index in [0.29, 0.717) is 6.10 Å². The monoisotopic (exact) mass is 311 g/mol. The maximum Gasteiger partial charge on any atom is 0.0675 e. The lowest BCUT2D eigenvalue weighted by atomic mass is 10.00. The third kappa shape index (κ3) is 8.53. The second-order valence-corrected chi connectivity index (χ2v) is 7.92. The van der Waals surface area contributed by atoms with Crippen LogP contribution in [0.25, 0.3) is 0 Å². The van der Waals surface area contributed by atoms with Gasteiger partial charge in [0.15, 0.2) is 0 Å². The van der Waals surface area contributed by atoms with Crippen LogP contribution in [0, 0.1) is 0 Å². The number of morpholine rings is 1. The van der Waals surface area contributed by atoms with Gasteiger partial charge >= 0.3 is 0 Å². The topological polar surface area (TPSA) is 12.5 Å². The first-order valence-corrected chi connectivity index (χ1v) is 9.93. The number of ether oxygens (including phenoxy) is 1. The largest absolute Gasteiger partial charge is 0.375 e. The van der Waals surface area contributed by atoms with Crippen LogP contribution in [-0.2, 0) is 4.74 Å². The minimum Gasteiger partial charge on any atom is -0.375 e. The second-order valence-electron chi connectivity index (χ2n) is 7.92. The fourth-order valence-corrected chi connectivity index (χ4v) is 3.41. The molecule has 0 amide bonds. The van der Waals surface area contributed by atoms with E-state index < -0.39 is 0 Å². The van der Waals surface area contributed by atoms with Gasteiger partial charge in [0.1, 0.15) is 0 Å². The van der Waals surface area contributed by atoms with Gasteiger partial charge in [-0.2, -0.15) is 0 Å². The average Bonchev–Trinajstić information content (AvgIpc) is 2.48. The Bertz CT molecular complexity index is 264. The molecule has 2 heteroatoms. The van der Waals surface area contributed by atoms with Crippen molar-refractivity contribution in [1.29, 1.82) is 0 Å². The Kier molecular flexibility index (Phi) is 10.4. The molecule has 0 aromatic rings. The maximum absolute atomic E-state index is 5.79. The Labute approximate surface area is 140 Å². The zero-order chi connectivity index (χ0) is 16.3. The summed E-state index contributed by atoms with van der Waals surface area (Å²) in [5, 5.41) is 0. The smallest absolute Gasteiger partial charge is 0.0675 e. The van der Waals surface area contributed by atoms with E-state index in [-0.39, 0.29) is 5.54 Å². The van der Waals surface area contributed by atoms with E-state index in [4.69, 9.17) is 4.74 Å². The first-order valence-electron chi connectivity index (χ1n) is 9.93. The predicted molar refractivity (Wildman–Crippen MR) is 97.5 cm³/mol. The summed E-state index contributed by atoms with van der Waals surface area (Å²) in [6.45, 7) is 12.4. The summed E-state index contributed by atoms with van der Waals surface area (Å²) in [6.07, 6.45) is 16.1. The van der Waals surface area contributed by atoms with Crippen LogP contribution >= 0.6 is 0 Å². The summed E-state index contributed by atoms with van der Waals surface area (Å²) >= 11 is 0. The van der Waals surface area contributed by atoms with Gasteiger partial charge in [-0.3, -0.25) is 4.90 Å². The third-order valence-corrected chi connectivity index (χ3v) is 5.09. The lowest BCUT2D eigenvalue weighted by molar-refractivity contribution is -0.0914. The van der Waals surface area contributed by atoms with E-state index in [1.807, 2.05) is 0 Å². The molecule has 2 nitrogen and oxygen atoms in total. The van der Waals surface area contributed by atoms with Gasteiger partial charge < -0.3 is 4.74 Å². The molecule has 0 N–H and O–H groups in total. The second kappa shape index (κ2) is 11.5. The normalized spacial score (nSPS) is 22.1. The average molecular weight is 312 g/mol. The molecule has 0 radical (unpaired) electrons. The highest BCUT2D eigenvalue weighted by Crippen LogP contribution is 2.22. The van der Waals surface area contributed by atoms with Crippen molar-refractivity contribution in [2.75, 3.05) is 19.7 Å². The highest BCUT2D eigenvalue weighted by molar-refractivity contribution is 4.86. The van der Waals surface area contributed by atoms with Crippen molar-refractivity contribution >= 4 is 0 Å². The van der Waals surface area contributed by atoms with E-state index in [1.165, 1.54) is 77.2 Å². The SMILES string of the molecule is CCCCCCCCCCCCCN1CC(C)OCC1(C)C. The van der Waals surface area contributed by atoms with Crippen LogP contribution in [0.1, 0.15) is 98.3 Å². The van der Waals surface area contributed by atoms with Crippen molar-refractivity contribution in [3.63, 3.8) is 0 Å². The van der Waals surface area contributed by atoms with Crippen molar-refractivity contribution in [2.45, 2.75) is 110 Å². The molecule has 1 rings (SSSR count). The van der Waals surface area contributed by atoms with Crippen LogP contribution in [-0.4, -0.2) is 36.2 Å². The number of hydrogen-bond acceptors (Lipinski definition) is 2. The molecular weight excluding hydrogens is 270 g/mol. The standard InChI is InChI=1S/C20H41NO/c1-5-6-7-8-9-10-11-12-13-14-15-16-21-17-19(2)22-18-20(21,3)4/h19H,5-18H2,1-4H3. The fraction of sp³-hybridized carbons (Fsp3) is 1.00. The van der Waals surface area contributed by atoms with Gasteiger partial charge in [-0.25, -0.2) is 0 Å². The Balaban J connectivity index is 1.92. The minimum atomic E-state index is 0.227. The van der Waals surface area contributed by atoms with Crippen LogP contribution in [0.4, 0.5) is 0 Å². The van der Waals surface area contributed by atoms with Crippen molar-refractivity contribution in [1.82, 2.24) is 4.90 Å². The zero-order valence-electron chi connectivity index (χ0n) is 15.8. The molecule has 1 heterocycles. The Morgan fingerprint density at radius 3 is 1.91 bits per heavy atom. The minimum absolute atomic E-state index is 0.227. The van der Waals surface area contributed by atoms with E-state index in [1.54, 1.807) is 0 Å². The van der Waals surface area contributed by atoms with Gasteiger partial charge in [0.25, 0.3) is 0 Å². The van der Waals surface area contributed by atoms with E-state index >= 15 is 0 Å². The van der Waals surface area contributed by atoms with Crippen LogP contribution in [0.3, 0.4) is 0 Å². The summed E-state index contributed by atoms with van der Waals surface area (Å²) in [7, 11) is 0. The van der Waals surface area contributed by atoms with Crippen LogP contribution in [0.5, 0.6) is 0 Å². The molecule has 0 bridgehead atoms. The summed E-state index contributed by atoms with van der Waals surface area (Å²) in [4.78, 5) is 2.63. The first-order chi connectivity index (χ1) is 10.6. The van der Waals surface area contributed by atoms with Gasteiger partial charge in [0.2, 0.25) is 0 Å². The lowest BCUT2D eigenvalue weighted by Gasteiger charge is -2.44. The van der Waals surface area contributed by atoms with Crippen molar-refractivity contribution in [3.8, 4) is 0 Å². The Hall–Kier alpha value is -0.0800. The number of hydrogen-bond donors (Lipinski definition) is 0. The highest BCUT2D eigenvalue weighted by Gasteiger charge is 2.32. The van der Waals surface area contributed by atoms with E-state index in [2.05, 4.69) is 32.6 Å². The van der Waals surface area contributed by atoms with Gasteiger partial charge in [0.05, 0.1) is 12.7 Å². The summed E-state index contributed by atoms with van der Waals surface area (Å²) in [6, 6.07) is 0. The zero-order valence-corrected chi connectivity index (χ0v) is 15.8. The van der Waals surface area contributed by atoms with Gasteiger partial charge in [-0.1, -0.05) is 71.1 Å². The van der Waals surface area contributed by atoms with E-state index in [0.717, 1.165) is 13.2 Å². The van der Waals surface area contributed by atoms with Gasteiger partial charge in [-0.15, -0.1) is 0 Å². The number of unbranched alkanes of at least 4 members (excludes halogenated alkanes) is 10. The molecule has 0 saturated carbocycles. The molecule has 1 aliphatic heterocycles. The first kappa shape index (κ1) is 20.0. The molecule has 1 aliphatic rings. The van der Waals surface area contributed by atoms with Crippen molar-refractivity contribution < 1.29 is 4.74 Å². The third-order valence-electron chi connectivity index (χ3n) is 5.09. The van der Waals surface area contributed by atoms with Gasteiger partial charge in [0, 0.05) is 12.1 Å². The lowest BCUT2D eigenvalue weighted by Crippen LogP contribution is -2.55. The molecule has 22 heavy (non-hydrogen) atoms. The molecule has 0 aliphatic carbocycles. The van der Waals surface area contributed by atoms with Gasteiger partial charge in [-0.05, 0) is 33.7 Å². The molecule has 0 aromatic carbocycles. The molecular formula is C20H41NO. The van der Waals surface area contributed by atoms with E-state index in [9.17, 15) is 0 Å². The molecule has 132 valence electrons. The molecule has 1 saturated heterocycles. The summed E-state index contributed by atoms with van der Waals surface area (Å²) in [5.41, 5.74) is 0.227. The molecule has 1 unspecified atom stereocenters. The fourth-order valence-electron chi connectivity index (χ4n) is 3.41. The summed E-state index contributed by atoms with van der Waals surface area (Å²) in [5.74, 6) is 0. The number of nitrogens with zero attached hydrogens (tertiary/aromatic N) is 1. The maximum atomic E-state index is 5.79. The quantitative estimate of drug-likeness (QED) is 0.422. The molecule has 1 fully saturated rings. The van der Waals surface area contributed by atoms with Crippen LogP contribution < -0.4 is 0 Å². The Morgan fingerprint density at radius 2 is 1.36 bits per heavy atom. The molecule has 1 atom stereocenters. The molecule has 0 aromatic heterocycles. The van der Waals surface area contributed by atoms with Crippen LogP contribution in [0.15, 0.2) is 0 Å². The molecule has 0 spiro atoms. The predicted octanol–water partition coefficient (Wildman–Crippen LogP) is 5.80.